The average Bonchev–Trinajstić information content (AvgIpc) is 3.27. The van der Waals surface area contributed by atoms with Crippen LogP contribution >= 0.6 is 0 Å². The van der Waals surface area contributed by atoms with Gasteiger partial charge in [0, 0.05) is 0 Å². The van der Waals surface area contributed by atoms with Crippen LogP contribution < -0.4 is 0 Å². The monoisotopic (exact) mass is 384 g/mol. The van der Waals surface area contributed by atoms with Gasteiger partial charge in [-0.15, -0.1) is 5.10 Å². The summed E-state index contributed by atoms with van der Waals surface area (Å²) >= 11 is 0. The van der Waals surface area contributed by atoms with Crippen LogP contribution in [-0.4, -0.2) is 30.9 Å². The Labute approximate surface area is 169 Å². The molecule has 4 fully saturated rings. The Morgan fingerprint density at radius 1 is 1.07 bits per heavy atom. The minimum absolute atomic E-state index is 0.402. The molecule has 8 atom stereocenters. The normalized spacial score (nSPS) is 47.8. The van der Waals surface area contributed by atoms with Crippen molar-refractivity contribution in [3.05, 3.63) is 18.5 Å². The van der Waals surface area contributed by atoms with Crippen molar-refractivity contribution >= 4 is 0 Å². The molecule has 4 aliphatic carbocycles. The number of rotatable bonds is 3. The maximum atomic E-state index is 10.6. The summed E-state index contributed by atoms with van der Waals surface area (Å²) in [7, 11) is 0. The Morgan fingerprint density at radius 3 is 2.68 bits per heavy atom. The molecule has 1 N–H and O–H groups in total. The van der Waals surface area contributed by atoms with E-state index < -0.39 is 5.60 Å². The van der Waals surface area contributed by atoms with E-state index in [-0.39, 0.29) is 0 Å². The lowest BCUT2D eigenvalue weighted by atomic mass is 9.49. The van der Waals surface area contributed by atoms with Crippen LogP contribution in [0.5, 0.6) is 0 Å². The van der Waals surface area contributed by atoms with Gasteiger partial charge in [0.2, 0.25) is 0 Å². The number of fused-ring (bicyclic) bond motifs is 5. The van der Waals surface area contributed by atoms with Crippen LogP contribution in [0.15, 0.2) is 18.5 Å². The molecule has 1 aromatic heterocycles. The summed E-state index contributed by atoms with van der Waals surface area (Å²) in [5, 5.41) is 22.2. The fraction of sp³-hybridized carbons (Fsp3) is 0.870. The standard InChI is InChI=1S/C23H36N4O/c1-15(13-27-14-24-25-26-27)20-6-7-21-19-5-4-16-12-22(2,28)10-8-17(16)18(19)9-11-23(20,21)3/h14,16-21,28H,1,4-13H2,2-3H3/t16-,17-,18+,19+,20+,21-,22+,23+/m0/s1. The Morgan fingerprint density at radius 2 is 1.89 bits per heavy atom. The topological polar surface area (TPSA) is 63.8 Å². The zero-order valence-electron chi connectivity index (χ0n) is 17.6. The van der Waals surface area contributed by atoms with Gasteiger partial charge in [-0.25, -0.2) is 4.68 Å². The molecule has 1 heterocycles. The Kier molecular flexibility index (Phi) is 4.46. The van der Waals surface area contributed by atoms with E-state index in [9.17, 15) is 5.11 Å². The van der Waals surface area contributed by atoms with Crippen molar-refractivity contribution in [2.24, 2.45) is 40.9 Å². The third-order valence-electron chi connectivity index (χ3n) is 9.49. The Hall–Kier alpha value is -1.23. The lowest BCUT2D eigenvalue weighted by Crippen LogP contribution is -2.50. The molecular formula is C23H36N4O. The van der Waals surface area contributed by atoms with Crippen LogP contribution in [0.3, 0.4) is 0 Å². The highest BCUT2D eigenvalue weighted by molar-refractivity contribution is 5.15. The molecule has 28 heavy (non-hydrogen) atoms. The first kappa shape index (κ1) is 18.8. The summed E-state index contributed by atoms with van der Waals surface area (Å²) in [5.74, 6) is 4.89. The average molecular weight is 385 g/mol. The second kappa shape index (κ2) is 6.65. The molecule has 4 aliphatic rings. The molecule has 4 saturated carbocycles. The van der Waals surface area contributed by atoms with Gasteiger partial charge in [0.1, 0.15) is 6.33 Å². The summed E-state index contributed by atoms with van der Waals surface area (Å²) < 4.78 is 1.82. The SMILES string of the molecule is C=C(Cn1cnnn1)[C@H]1CC[C@H]2[C@@H]3CC[C@H]4C[C@](C)(O)CC[C@@H]4[C@H]3CC[C@]12C. The second-order valence-electron chi connectivity index (χ2n) is 11.0. The first-order valence-electron chi connectivity index (χ1n) is 11.5. The molecule has 0 aromatic carbocycles. The summed E-state index contributed by atoms with van der Waals surface area (Å²) in [6.45, 7) is 9.87. The van der Waals surface area contributed by atoms with Gasteiger partial charge >= 0.3 is 0 Å². The summed E-state index contributed by atoms with van der Waals surface area (Å²) in [6, 6.07) is 0. The van der Waals surface area contributed by atoms with Crippen molar-refractivity contribution in [1.82, 2.24) is 20.2 Å². The van der Waals surface area contributed by atoms with E-state index >= 15 is 0 Å². The lowest BCUT2D eigenvalue weighted by molar-refractivity contribution is -0.0979. The summed E-state index contributed by atoms with van der Waals surface area (Å²) in [4.78, 5) is 0. The number of hydrogen-bond donors (Lipinski definition) is 1. The molecule has 0 saturated heterocycles. The Balaban J connectivity index is 1.32. The third kappa shape index (κ3) is 2.96. The van der Waals surface area contributed by atoms with Gasteiger partial charge in [0.15, 0.2) is 0 Å². The van der Waals surface area contributed by atoms with Crippen LogP contribution in [-0.2, 0) is 6.54 Å². The molecule has 0 radical (unpaired) electrons. The van der Waals surface area contributed by atoms with E-state index in [1.54, 1.807) is 6.33 Å². The molecule has 0 aliphatic heterocycles. The van der Waals surface area contributed by atoms with Gasteiger partial charge in [-0.1, -0.05) is 19.1 Å². The maximum Gasteiger partial charge on any atom is 0.138 e. The van der Waals surface area contributed by atoms with Crippen molar-refractivity contribution in [3.63, 3.8) is 0 Å². The van der Waals surface area contributed by atoms with E-state index in [4.69, 9.17) is 0 Å². The number of aromatic nitrogens is 4. The zero-order valence-corrected chi connectivity index (χ0v) is 17.6. The molecule has 0 spiro atoms. The van der Waals surface area contributed by atoms with Crippen LogP contribution in [0, 0.1) is 40.9 Å². The molecule has 5 rings (SSSR count). The number of allylic oxidation sites excluding steroid dienone is 1. The predicted molar refractivity (Wildman–Crippen MR) is 108 cm³/mol. The second-order valence-corrected chi connectivity index (χ2v) is 11.0. The van der Waals surface area contributed by atoms with Crippen molar-refractivity contribution in [3.8, 4) is 0 Å². The molecule has 0 bridgehead atoms. The predicted octanol–water partition coefficient (Wildman–Crippen LogP) is 4.25. The van der Waals surface area contributed by atoms with Gasteiger partial charge in [-0.2, -0.15) is 0 Å². The van der Waals surface area contributed by atoms with Crippen LogP contribution in [0.2, 0.25) is 0 Å². The molecule has 0 unspecified atom stereocenters. The molecule has 0 amide bonds. The van der Waals surface area contributed by atoms with Crippen molar-refractivity contribution in [2.45, 2.75) is 83.8 Å². The molecule has 1 aromatic rings. The molecule has 154 valence electrons. The first-order valence-corrected chi connectivity index (χ1v) is 11.5. The lowest BCUT2D eigenvalue weighted by Gasteiger charge is -2.57. The van der Waals surface area contributed by atoms with Gasteiger partial charge in [-0.05, 0) is 116 Å². The number of nitrogens with zero attached hydrogens (tertiary/aromatic N) is 4. The molecule has 5 heteroatoms. The summed E-state index contributed by atoms with van der Waals surface area (Å²) in [5.41, 5.74) is 1.31. The number of tetrazole rings is 1. The maximum absolute atomic E-state index is 10.6. The van der Waals surface area contributed by atoms with Crippen molar-refractivity contribution in [2.75, 3.05) is 0 Å². The largest absolute Gasteiger partial charge is 0.390 e. The van der Waals surface area contributed by atoms with Crippen LogP contribution in [0.25, 0.3) is 0 Å². The molecular weight excluding hydrogens is 348 g/mol. The smallest absolute Gasteiger partial charge is 0.138 e. The van der Waals surface area contributed by atoms with Gasteiger partial charge in [-0.3, -0.25) is 0 Å². The Bertz CT molecular complexity index is 729. The number of aliphatic hydroxyl groups is 1. The van der Waals surface area contributed by atoms with Crippen LogP contribution in [0.1, 0.15) is 71.6 Å². The minimum atomic E-state index is -0.413. The van der Waals surface area contributed by atoms with Gasteiger partial charge < -0.3 is 5.11 Å². The van der Waals surface area contributed by atoms with E-state index in [1.165, 1.54) is 50.5 Å². The van der Waals surface area contributed by atoms with Crippen LogP contribution in [0.4, 0.5) is 0 Å². The van der Waals surface area contributed by atoms with E-state index in [0.29, 0.717) is 11.3 Å². The highest BCUT2D eigenvalue weighted by atomic mass is 16.3. The number of hydrogen-bond acceptors (Lipinski definition) is 4. The minimum Gasteiger partial charge on any atom is -0.390 e. The quantitative estimate of drug-likeness (QED) is 0.791. The van der Waals surface area contributed by atoms with E-state index in [1.807, 2.05) is 4.68 Å². The fourth-order valence-corrected chi connectivity index (χ4v) is 8.32. The highest BCUT2D eigenvalue weighted by Gasteiger charge is 2.57. The third-order valence-corrected chi connectivity index (χ3v) is 9.49. The van der Waals surface area contributed by atoms with E-state index in [0.717, 1.165) is 49.0 Å². The zero-order chi connectivity index (χ0) is 19.5. The molecule has 5 nitrogen and oxygen atoms in total. The first-order chi connectivity index (χ1) is 13.4. The van der Waals surface area contributed by atoms with Crippen molar-refractivity contribution < 1.29 is 5.11 Å². The highest BCUT2D eigenvalue weighted by Crippen LogP contribution is 2.65. The van der Waals surface area contributed by atoms with E-state index in [2.05, 4.69) is 36.0 Å². The summed E-state index contributed by atoms with van der Waals surface area (Å²) in [6.07, 6.45) is 13.1. The van der Waals surface area contributed by atoms with Gasteiger partial charge in [0.05, 0.1) is 12.1 Å². The fourth-order valence-electron chi connectivity index (χ4n) is 8.32. The van der Waals surface area contributed by atoms with Gasteiger partial charge in [0.25, 0.3) is 0 Å². The van der Waals surface area contributed by atoms with Crippen molar-refractivity contribution in [1.29, 1.82) is 0 Å².